The number of benzene rings is 1. The second-order valence-electron chi connectivity index (χ2n) is 4.73. The van der Waals surface area contributed by atoms with E-state index in [9.17, 15) is 0 Å². The maximum absolute atomic E-state index is 4.26. The van der Waals surface area contributed by atoms with Gasteiger partial charge in [0.15, 0.2) is 0 Å². The van der Waals surface area contributed by atoms with Crippen molar-refractivity contribution in [2.45, 2.75) is 33.2 Å². The highest BCUT2D eigenvalue weighted by molar-refractivity contribution is 9.10. The van der Waals surface area contributed by atoms with E-state index >= 15 is 0 Å². The molecule has 1 unspecified atom stereocenters. The van der Waals surface area contributed by atoms with Crippen molar-refractivity contribution in [1.82, 2.24) is 14.9 Å². The molecule has 0 amide bonds. The van der Waals surface area contributed by atoms with Gasteiger partial charge in [-0.2, -0.15) is 0 Å². The van der Waals surface area contributed by atoms with Crippen molar-refractivity contribution in [3.63, 3.8) is 0 Å². The molecule has 19 heavy (non-hydrogen) atoms. The van der Waals surface area contributed by atoms with Crippen molar-refractivity contribution in [3.8, 4) is 5.69 Å². The van der Waals surface area contributed by atoms with Crippen LogP contribution in [0.5, 0.6) is 0 Å². The lowest BCUT2D eigenvalue weighted by atomic mass is 10.1. The molecule has 3 nitrogen and oxygen atoms in total. The van der Waals surface area contributed by atoms with Crippen LogP contribution < -0.4 is 5.32 Å². The van der Waals surface area contributed by atoms with Crippen LogP contribution in [0.1, 0.15) is 37.7 Å². The molecule has 0 aliphatic carbocycles. The van der Waals surface area contributed by atoms with Crippen molar-refractivity contribution in [1.29, 1.82) is 0 Å². The summed E-state index contributed by atoms with van der Waals surface area (Å²) in [4.78, 5) is 4.26. The van der Waals surface area contributed by atoms with E-state index in [1.54, 1.807) is 0 Å². The standard InChI is InChI=1S/C15H20BrN3/c1-4-7-17-11(2)14-6-5-13(10-15(14)16)19-9-8-18-12(19)3/h5-6,8-11,17H,4,7H2,1-3H3. The highest BCUT2D eigenvalue weighted by Gasteiger charge is 2.10. The quantitative estimate of drug-likeness (QED) is 0.901. The van der Waals surface area contributed by atoms with Crippen LogP contribution in [0, 0.1) is 6.92 Å². The average Bonchev–Trinajstić information content (AvgIpc) is 2.82. The van der Waals surface area contributed by atoms with Crippen LogP contribution in [0.2, 0.25) is 0 Å². The molecule has 4 heteroatoms. The highest BCUT2D eigenvalue weighted by Crippen LogP contribution is 2.26. The van der Waals surface area contributed by atoms with Gasteiger partial charge in [0.25, 0.3) is 0 Å². The Morgan fingerprint density at radius 3 is 2.79 bits per heavy atom. The van der Waals surface area contributed by atoms with Crippen molar-refractivity contribution in [2.75, 3.05) is 6.54 Å². The molecule has 0 saturated carbocycles. The van der Waals surface area contributed by atoms with Gasteiger partial charge in [0.2, 0.25) is 0 Å². The molecule has 0 aliphatic heterocycles. The minimum absolute atomic E-state index is 0.354. The number of nitrogens with zero attached hydrogens (tertiary/aromatic N) is 2. The van der Waals surface area contributed by atoms with Gasteiger partial charge in [-0.3, -0.25) is 0 Å². The fourth-order valence-corrected chi connectivity index (χ4v) is 2.85. The maximum atomic E-state index is 4.26. The van der Waals surface area contributed by atoms with Crippen LogP contribution in [0.3, 0.4) is 0 Å². The lowest BCUT2D eigenvalue weighted by Gasteiger charge is -2.16. The van der Waals surface area contributed by atoms with Crippen LogP contribution >= 0.6 is 15.9 Å². The first kappa shape index (κ1) is 14.3. The predicted octanol–water partition coefficient (Wildman–Crippen LogP) is 4.00. The molecule has 0 radical (unpaired) electrons. The van der Waals surface area contributed by atoms with Crippen LogP contribution in [0.25, 0.3) is 5.69 Å². The van der Waals surface area contributed by atoms with E-state index in [2.05, 4.69) is 62.8 Å². The van der Waals surface area contributed by atoms with E-state index in [0.717, 1.165) is 29.0 Å². The third-order valence-corrected chi connectivity index (χ3v) is 3.94. The van der Waals surface area contributed by atoms with Crippen LogP contribution in [-0.4, -0.2) is 16.1 Å². The molecule has 1 aromatic carbocycles. The van der Waals surface area contributed by atoms with E-state index in [1.165, 1.54) is 5.56 Å². The normalized spacial score (nSPS) is 12.6. The minimum atomic E-state index is 0.354. The summed E-state index contributed by atoms with van der Waals surface area (Å²) in [5, 5.41) is 3.51. The van der Waals surface area contributed by atoms with E-state index in [1.807, 2.05) is 19.3 Å². The SMILES string of the molecule is CCCNC(C)c1ccc(-n2ccnc2C)cc1Br. The number of aryl methyl sites for hydroxylation is 1. The number of halogens is 1. The summed E-state index contributed by atoms with van der Waals surface area (Å²) in [7, 11) is 0. The Hall–Kier alpha value is -1.13. The monoisotopic (exact) mass is 321 g/mol. The third-order valence-electron chi connectivity index (χ3n) is 3.25. The molecule has 0 aliphatic rings. The number of hydrogen-bond acceptors (Lipinski definition) is 2. The first-order valence-corrected chi connectivity index (χ1v) is 7.46. The Bertz CT molecular complexity index is 548. The summed E-state index contributed by atoms with van der Waals surface area (Å²) in [6, 6.07) is 6.81. The Morgan fingerprint density at radius 2 is 2.21 bits per heavy atom. The van der Waals surface area contributed by atoms with Gasteiger partial charge >= 0.3 is 0 Å². The summed E-state index contributed by atoms with van der Waals surface area (Å²) in [5.41, 5.74) is 2.42. The van der Waals surface area contributed by atoms with Crippen molar-refractivity contribution in [2.24, 2.45) is 0 Å². The zero-order chi connectivity index (χ0) is 13.8. The molecule has 1 aromatic heterocycles. The van der Waals surface area contributed by atoms with Gasteiger partial charge in [0.05, 0.1) is 0 Å². The number of nitrogens with one attached hydrogen (secondary N) is 1. The van der Waals surface area contributed by atoms with Gasteiger partial charge in [0.1, 0.15) is 5.82 Å². The smallest absolute Gasteiger partial charge is 0.110 e. The van der Waals surface area contributed by atoms with Crippen LogP contribution in [0.15, 0.2) is 35.1 Å². The van der Waals surface area contributed by atoms with E-state index in [0.29, 0.717) is 6.04 Å². The van der Waals surface area contributed by atoms with E-state index in [-0.39, 0.29) is 0 Å². The summed E-state index contributed by atoms with van der Waals surface area (Å²) in [6.07, 6.45) is 4.95. The summed E-state index contributed by atoms with van der Waals surface area (Å²) < 4.78 is 3.22. The maximum Gasteiger partial charge on any atom is 0.110 e. The number of rotatable bonds is 5. The molecule has 0 fully saturated rings. The van der Waals surface area contributed by atoms with Crippen molar-refractivity contribution < 1.29 is 0 Å². The Labute approximate surface area is 123 Å². The van der Waals surface area contributed by atoms with Gasteiger partial charge in [-0.25, -0.2) is 4.98 Å². The Balaban J connectivity index is 2.25. The minimum Gasteiger partial charge on any atom is -0.310 e. The zero-order valence-electron chi connectivity index (χ0n) is 11.7. The second-order valence-corrected chi connectivity index (χ2v) is 5.58. The molecule has 2 aromatic rings. The first-order chi connectivity index (χ1) is 9.13. The average molecular weight is 322 g/mol. The van der Waals surface area contributed by atoms with E-state index < -0.39 is 0 Å². The lowest BCUT2D eigenvalue weighted by Crippen LogP contribution is -2.19. The fourth-order valence-electron chi connectivity index (χ4n) is 2.14. The van der Waals surface area contributed by atoms with Crippen LogP contribution in [-0.2, 0) is 0 Å². The van der Waals surface area contributed by atoms with Crippen molar-refractivity contribution in [3.05, 3.63) is 46.5 Å². The third kappa shape index (κ3) is 3.25. The van der Waals surface area contributed by atoms with Gasteiger partial charge in [-0.15, -0.1) is 0 Å². The molecule has 0 bridgehead atoms. The van der Waals surface area contributed by atoms with Crippen LogP contribution in [0.4, 0.5) is 0 Å². The highest BCUT2D eigenvalue weighted by atomic mass is 79.9. The molecule has 1 atom stereocenters. The Morgan fingerprint density at radius 1 is 1.42 bits per heavy atom. The number of aromatic nitrogens is 2. The molecule has 1 N–H and O–H groups in total. The lowest BCUT2D eigenvalue weighted by molar-refractivity contribution is 0.569. The first-order valence-electron chi connectivity index (χ1n) is 6.66. The van der Waals surface area contributed by atoms with Gasteiger partial charge in [-0.1, -0.05) is 28.9 Å². The molecular formula is C15H20BrN3. The number of hydrogen-bond donors (Lipinski definition) is 1. The predicted molar refractivity (Wildman–Crippen MR) is 82.7 cm³/mol. The fraction of sp³-hybridized carbons (Fsp3) is 0.400. The second kappa shape index (κ2) is 6.35. The van der Waals surface area contributed by atoms with Gasteiger partial charge in [-0.05, 0) is 44.5 Å². The molecule has 102 valence electrons. The van der Waals surface area contributed by atoms with Gasteiger partial charge < -0.3 is 9.88 Å². The summed E-state index contributed by atoms with van der Waals surface area (Å²) >= 11 is 3.68. The summed E-state index contributed by atoms with van der Waals surface area (Å²) in [6.45, 7) is 7.42. The summed E-state index contributed by atoms with van der Waals surface area (Å²) in [5.74, 6) is 0.997. The molecule has 0 saturated heterocycles. The molecule has 1 heterocycles. The van der Waals surface area contributed by atoms with Gasteiger partial charge in [0, 0.05) is 28.6 Å². The topological polar surface area (TPSA) is 29.9 Å². The molecule has 2 rings (SSSR count). The molecular weight excluding hydrogens is 302 g/mol. The molecule has 0 spiro atoms. The van der Waals surface area contributed by atoms with E-state index in [4.69, 9.17) is 0 Å². The number of imidazole rings is 1. The largest absolute Gasteiger partial charge is 0.310 e. The Kier molecular flexibility index (Phi) is 4.77. The zero-order valence-corrected chi connectivity index (χ0v) is 13.2. The van der Waals surface area contributed by atoms with Crippen molar-refractivity contribution >= 4 is 15.9 Å².